The zero-order chi connectivity index (χ0) is 25.8. The number of benzene rings is 3. The molecule has 2 aliphatic heterocycles. The molecule has 0 aliphatic carbocycles. The number of nitrogens with zero attached hydrogens (tertiary/aromatic N) is 1. The molecule has 7 nitrogen and oxygen atoms in total. The van der Waals surface area contributed by atoms with Crippen LogP contribution in [0.1, 0.15) is 36.9 Å². The van der Waals surface area contributed by atoms with E-state index in [9.17, 15) is 14.7 Å². The van der Waals surface area contributed by atoms with Gasteiger partial charge in [0.1, 0.15) is 23.0 Å². The molecule has 2 aliphatic rings. The van der Waals surface area contributed by atoms with Crippen LogP contribution in [-0.4, -0.2) is 47.6 Å². The van der Waals surface area contributed by atoms with Gasteiger partial charge in [0.25, 0.3) is 11.7 Å². The molecule has 190 valence electrons. The van der Waals surface area contributed by atoms with Gasteiger partial charge in [-0.3, -0.25) is 9.59 Å². The first-order valence-corrected chi connectivity index (χ1v) is 12.5. The molecule has 3 aromatic rings. The molecule has 1 N–H and O–H groups in total. The Kier molecular flexibility index (Phi) is 7.23. The molecule has 0 radical (unpaired) electrons. The third kappa shape index (κ3) is 5.22. The van der Waals surface area contributed by atoms with E-state index in [-0.39, 0.29) is 24.0 Å². The zero-order valence-corrected chi connectivity index (χ0v) is 20.6. The van der Waals surface area contributed by atoms with Crippen LogP contribution >= 0.6 is 0 Å². The van der Waals surface area contributed by atoms with Crippen molar-refractivity contribution in [1.29, 1.82) is 0 Å². The van der Waals surface area contributed by atoms with Crippen LogP contribution in [0.25, 0.3) is 5.76 Å². The average Bonchev–Trinajstić information content (AvgIpc) is 3.52. The summed E-state index contributed by atoms with van der Waals surface area (Å²) >= 11 is 0. The Labute approximate surface area is 215 Å². The Hall–Kier alpha value is -4.10. The molecule has 2 atom stereocenters. The van der Waals surface area contributed by atoms with E-state index >= 15 is 0 Å². The minimum Gasteiger partial charge on any atom is -0.507 e. The first-order valence-electron chi connectivity index (χ1n) is 12.5. The predicted molar refractivity (Wildman–Crippen MR) is 139 cm³/mol. The molecule has 2 saturated heterocycles. The molecule has 5 rings (SSSR count). The second-order valence-electron chi connectivity index (χ2n) is 9.03. The number of ketones is 1. The molecule has 2 fully saturated rings. The first kappa shape index (κ1) is 24.6. The number of likely N-dealkylation sites (tertiary alicyclic amines) is 1. The largest absolute Gasteiger partial charge is 0.507 e. The molecule has 0 saturated carbocycles. The van der Waals surface area contributed by atoms with Gasteiger partial charge in [-0.15, -0.1) is 0 Å². The van der Waals surface area contributed by atoms with E-state index in [2.05, 4.69) is 0 Å². The van der Waals surface area contributed by atoms with E-state index in [1.54, 1.807) is 30.3 Å². The van der Waals surface area contributed by atoms with E-state index in [0.717, 1.165) is 12.8 Å². The van der Waals surface area contributed by atoms with Crippen molar-refractivity contribution in [3.8, 4) is 17.2 Å². The molecule has 1 amide bonds. The third-order valence-electron chi connectivity index (χ3n) is 6.56. The number of rotatable bonds is 8. The van der Waals surface area contributed by atoms with E-state index in [1.807, 2.05) is 55.5 Å². The molecule has 3 aromatic carbocycles. The zero-order valence-electron chi connectivity index (χ0n) is 20.6. The second-order valence-corrected chi connectivity index (χ2v) is 9.03. The van der Waals surface area contributed by atoms with Crippen molar-refractivity contribution >= 4 is 17.4 Å². The van der Waals surface area contributed by atoms with Gasteiger partial charge in [-0.1, -0.05) is 30.3 Å². The van der Waals surface area contributed by atoms with Crippen LogP contribution in [-0.2, 0) is 14.3 Å². The van der Waals surface area contributed by atoms with Crippen LogP contribution < -0.4 is 9.47 Å². The summed E-state index contributed by atoms with van der Waals surface area (Å²) in [5.74, 6) is 0.289. The van der Waals surface area contributed by atoms with Crippen LogP contribution in [0.15, 0.2) is 84.4 Å². The summed E-state index contributed by atoms with van der Waals surface area (Å²) in [5.41, 5.74) is 1.14. The van der Waals surface area contributed by atoms with Crippen LogP contribution in [0.3, 0.4) is 0 Å². The van der Waals surface area contributed by atoms with E-state index in [4.69, 9.17) is 14.2 Å². The van der Waals surface area contributed by atoms with Gasteiger partial charge in [0, 0.05) is 18.7 Å². The summed E-state index contributed by atoms with van der Waals surface area (Å²) in [6.45, 7) is 3.30. The summed E-state index contributed by atoms with van der Waals surface area (Å²) in [5, 5.41) is 11.3. The summed E-state index contributed by atoms with van der Waals surface area (Å²) in [6.07, 6.45) is 1.56. The first-order chi connectivity index (χ1) is 18.0. The van der Waals surface area contributed by atoms with Gasteiger partial charge in [-0.25, -0.2) is 0 Å². The summed E-state index contributed by atoms with van der Waals surface area (Å²) < 4.78 is 17.3. The van der Waals surface area contributed by atoms with Gasteiger partial charge < -0.3 is 24.2 Å². The summed E-state index contributed by atoms with van der Waals surface area (Å²) in [4.78, 5) is 28.1. The highest BCUT2D eigenvalue weighted by atomic mass is 16.5. The third-order valence-corrected chi connectivity index (χ3v) is 6.56. The number of ether oxygens (including phenoxy) is 3. The van der Waals surface area contributed by atoms with Gasteiger partial charge in [-0.2, -0.15) is 0 Å². The van der Waals surface area contributed by atoms with Crippen molar-refractivity contribution < 1.29 is 28.9 Å². The van der Waals surface area contributed by atoms with Crippen LogP contribution in [0.5, 0.6) is 17.2 Å². The van der Waals surface area contributed by atoms with E-state index in [1.165, 1.54) is 4.90 Å². The fraction of sp³-hybridized carbons (Fsp3) is 0.267. The normalized spacial score (nSPS) is 20.8. The Morgan fingerprint density at radius 3 is 2.43 bits per heavy atom. The Balaban J connectivity index is 1.56. The van der Waals surface area contributed by atoms with E-state index in [0.29, 0.717) is 41.6 Å². The number of aliphatic hydroxyl groups excluding tert-OH is 1. The lowest BCUT2D eigenvalue weighted by atomic mass is 9.95. The van der Waals surface area contributed by atoms with Crippen molar-refractivity contribution in [3.63, 3.8) is 0 Å². The predicted octanol–water partition coefficient (Wildman–Crippen LogP) is 5.48. The van der Waals surface area contributed by atoms with Crippen LogP contribution in [0, 0.1) is 0 Å². The van der Waals surface area contributed by atoms with Crippen molar-refractivity contribution in [1.82, 2.24) is 4.90 Å². The molecule has 0 bridgehead atoms. The fourth-order valence-electron chi connectivity index (χ4n) is 4.83. The summed E-state index contributed by atoms with van der Waals surface area (Å²) in [7, 11) is 0. The minimum absolute atomic E-state index is 0.0454. The second kappa shape index (κ2) is 10.9. The summed E-state index contributed by atoms with van der Waals surface area (Å²) in [6, 6.07) is 22.7. The highest BCUT2D eigenvalue weighted by Crippen LogP contribution is 2.41. The average molecular weight is 500 g/mol. The standard InChI is InChI=1S/C30H29NO6/c1-2-35-22-15-13-20(14-16-22)28(32)26-27(31(30(34)29(26)33)19-25-12-7-17-36-25)21-8-6-11-24(18-21)37-23-9-4-3-5-10-23/h3-6,8-11,13-16,18,25,27,32H,2,7,12,17,19H2,1H3/b28-26+. The highest BCUT2D eigenvalue weighted by molar-refractivity contribution is 6.46. The Morgan fingerprint density at radius 2 is 1.73 bits per heavy atom. The van der Waals surface area contributed by atoms with Gasteiger partial charge in [0.15, 0.2) is 0 Å². The smallest absolute Gasteiger partial charge is 0.295 e. The topological polar surface area (TPSA) is 85.3 Å². The molecule has 37 heavy (non-hydrogen) atoms. The van der Waals surface area contributed by atoms with Crippen molar-refractivity contribution in [2.45, 2.75) is 31.9 Å². The molecule has 7 heteroatoms. The number of hydrogen-bond donors (Lipinski definition) is 1. The minimum atomic E-state index is -0.782. The maximum absolute atomic E-state index is 13.3. The number of aliphatic hydroxyl groups is 1. The SMILES string of the molecule is CCOc1ccc(/C(O)=C2\C(=O)C(=O)N(CC3CCCO3)C2c2cccc(Oc3ccccc3)c2)cc1. The molecule has 2 unspecified atom stereocenters. The van der Waals surface area contributed by atoms with Crippen LogP contribution in [0.4, 0.5) is 0 Å². The van der Waals surface area contributed by atoms with Crippen LogP contribution in [0.2, 0.25) is 0 Å². The lowest BCUT2D eigenvalue weighted by molar-refractivity contribution is -0.140. The van der Waals surface area contributed by atoms with Gasteiger partial charge in [-0.05, 0) is 73.9 Å². The van der Waals surface area contributed by atoms with Crippen molar-refractivity contribution in [3.05, 3.63) is 95.6 Å². The molecule has 2 heterocycles. The number of para-hydroxylation sites is 1. The van der Waals surface area contributed by atoms with Gasteiger partial charge >= 0.3 is 0 Å². The maximum Gasteiger partial charge on any atom is 0.295 e. The van der Waals surface area contributed by atoms with Crippen molar-refractivity contribution in [2.75, 3.05) is 19.8 Å². The molecule has 0 aromatic heterocycles. The Morgan fingerprint density at radius 1 is 0.973 bits per heavy atom. The van der Waals surface area contributed by atoms with Crippen molar-refractivity contribution in [2.24, 2.45) is 0 Å². The maximum atomic E-state index is 13.3. The lowest BCUT2D eigenvalue weighted by Gasteiger charge is -2.27. The fourth-order valence-corrected chi connectivity index (χ4v) is 4.83. The number of hydrogen-bond acceptors (Lipinski definition) is 6. The molecule has 0 spiro atoms. The lowest BCUT2D eigenvalue weighted by Crippen LogP contribution is -2.36. The number of carbonyl (C=O) groups excluding carboxylic acids is 2. The number of Topliss-reactive ketones (excluding diaryl/α,β-unsaturated/α-hetero) is 1. The number of carbonyl (C=O) groups is 2. The van der Waals surface area contributed by atoms with E-state index < -0.39 is 17.7 Å². The monoisotopic (exact) mass is 499 g/mol. The Bertz CT molecular complexity index is 1300. The molecular formula is C30H29NO6. The van der Waals surface area contributed by atoms with Gasteiger partial charge in [0.2, 0.25) is 0 Å². The quantitative estimate of drug-likeness (QED) is 0.251. The number of amides is 1. The molecular weight excluding hydrogens is 470 g/mol. The highest BCUT2D eigenvalue weighted by Gasteiger charge is 2.47. The van der Waals surface area contributed by atoms with Gasteiger partial charge in [0.05, 0.1) is 24.3 Å².